The molecule has 24 heavy (non-hydrogen) atoms. The predicted molar refractivity (Wildman–Crippen MR) is 86.7 cm³/mol. The van der Waals surface area contributed by atoms with Crippen LogP contribution in [-0.2, 0) is 19.3 Å². The first-order chi connectivity index (χ1) is 11.9. The maximum atomic E-state index is 5.63. The van der Waals surface area contributed by atoms with Crippen LogP contribution in [0.4, 0.5) is 0 Å². The van der Waals surface area contributed by atoms with E-state index >= 15 is 0 Å². The first-order valence-corrected chi connectivity index (χ1v) is 8.68. The van der Waals surface area contributed by atoms with Crippen molar-refractivity contribution in [3.05, 3.63) is 58.5 Å². The summed E-state index contributed by atoms with van der Waals surface area (Å²) in [5.74, 6) is 1.97. The maximum Gasteiger partial charge on any atom is 0.235 e. The summed E-state index contributed by atoms with van der Waals surface area (Å²) in [7, 11) is 0. The molecule has 6 nitrogen and oxygen atoms in total. The normalized spacial score (nSPS) is 22.8. The van der Waals surface area contributed by atoms with Crippen molar-refractivity contribution < 1.29 is 4.52 Å². The number of nitrogens with zero attached hydrogens (tertiary/aromatic N) is 4. The highest BCUT2D eigenvalue weighted by atomic mass is 16.5. The van der Waals surface area contributed by atoms with Gasteiger partial charge >= 0.3 is 0 Å². The summed E-state index contributed by atoms with van der Waals surface area (Å²) in [6.45, 7) is 0. The first-order valence-electron chi connectivity index (χ1n) is 8.68. The molecular formula is C18H19N5O. The van der Waals surface area contributed by atoms with E-state index in [0.717, 1.165) is 55.7 Å². The lowest BCUT2D eigenvalue weighted by molar-refractivity contribution is 0.344. The number of hydrogen-bond acceptors (Lipinski definition) is 5. The summed E-state index contributed by atoms with van der Waals surface area (Å²) in [4.78, 5) is 4.75. The van der Waals surface area contributed by atoms with Gasteiger partial charge in [-0.25, -0.2) is 0 Å². The van der Waals surface area contributed by atoms with Crippen LogP contribution in [0, 0.1) is 0 Å². The minimum atomic E-state index is 0.0876. The fourth-order valence-electron chi connectivity index (χ4n) is 4.05. The molecule has 2 aromatic heterocycles. The zero-order valence-electron chi connectivity index (χ0n) is 13.4. The second kappa shape index (κ2) is 5.54. The van der Waals surface area contributed by atoms with Gasteiger partial charge in [0.1, 0.15) is 0 Å². The Hall–Kier alpha value is -2.50. The lowest BCUT2D eigenvalue weighted by atomic mass is 9.83. The van der Waals surface area contributed by atoms with Crippen molar-refractivity contribution in [1.29, 1.82) is 0 Å². The molecule has 1 N–H and O–H groups in total. The minimum Gasteiger partial charge on any atom is -0.339 e. The predicted octanol–water partition coefficient (Wildman–Crippen LogP) is 2.93. The van der Waals surface area contributed by atoms with Crippen LogP contribution in [-0.4, -0.2) is 25.6 Å². The van der Waals surface area contributed by atoms with Gasteiger partial charge < -0.3 is 4.52 Å². The molecule has 0 aliphatic heterocycles. The van der Waals surface area contributed by atoms with Gasteiger partial charge in [0.05, 0.1) is 17.3 Å². The zero-order valence-corrected chi connectivity index (χ0v) is 13.4. The summed E-state index contributed by atoms with van der Waals surface area (Å²) in [5.41, 5.74) is 4.89. The van der Waals surface area contributed by atoms with E-state index in [2.05, 4.69) is 44.8 Å². The molecule has 2 heterocycles. The Labute approximate surface area is 139 Å². The second-order valence-corrected chi connectivity index (χ2v) is 6.80. The number of rotatable bonds is 2. The van der Waals surface area contributed by atoms with Crippen molar-refractivity contribution in [1.82, 2.24) is 25.6 Å². The lowest BCUT2D eigenvalue weighted by Crippen LogP contribution is -2.14. The summed E-state index contributed by atoms with van der Waals surface area (Å²) in [6.07, 6.45) is 6.21. The van der Waals surface area contributed by atoms with Crippen LogP contribution in [0.2, 0.25) is 0 Å². The molecule has 0 radical (unpaired) electrons. The van der Waals surface area contributed by atoms with E-state index in [9.17, 15) is 0 Å². The summed E-state index contributed by atoms with van der Waals surface area (Å²) in [6, 6.07) is 8.66. The topological polar surface area (TPSA) is 80.5 Å². The van der Waals surface area contributed by atoms with Gasteiger partial charge in [-0.2, -0.15) is 20.4 Å². The number of nitrogens with one attached hydrogen (secondary N) is 1. The van der Waals surface area contributed by atoms with E-state index < -0.39 is 0 Å². The number of fused-ring (bicyclic) bond motifs is 2. The molecule has 2 aliphatic carbocycles. The first kappa shape index (κ1) is 13.9. The fourth-order valence-corrected chi connectivity index (χ4v) is 4.05. The zero-order chi connectivity index (χ0) is 15.9. The Kier molecular flexibility index (Phi) is 3.21. The number of hydrogen-bond donors (Lipinski definition) is 1. The Morgan fingerprint density at radius 2 is 1.96 bits per heavy atom. The van der Waals surface area contributed by atoms with Crippen LogP contribution >= 0.6 is 0 Å². The molecule has 6 heteroatoms. The third kappa shape index (κ3) is 2.25. The molecule has 2 aliphatic rings. The van der Waals surface area contributed by atoms with Crippen molar-refractivity contribution in [2.24, 2.45) is 0 Å². The molecule has 2 atom stereocenters. The molecule has 3 aromatic rings. The quantitative estimate of drug-likeness (QED) is 0.785. The lowest BCUT2D eigenvalue weighted by Gasteiger charge is -2.21. The van der Waals surface area contributed by atoms with Crippen LogP contribution in [0.3, 0.4) is 0 Å². The monoisotopic (exact) mass is 321 g/mol. The smallest absolute Gasteiger partial charge is 0.235 e. The average Bonchev–Trinajstić information content (AvgIpc) is 3.30. The Bertz CT molecular complexity index is 868. The molecule has 0 saturated carbocycles. The van der Waals surface area contributed by atoms with Gasteiger partial charge in [-0.3, -0.25) is 0 Å². The van der Waals surface area contributed by atoms with Gasteiger partial charge in [0.15, 0.2) is 5.82 Å². The highest BCUT2D eigenvalue weighted by Crippen LogP contribution is 2.36. The molecule has 0 spiro atoms. The molecule has 0 bridgehead atoms. The van der Waals surface area contributed by atoms with Gasteiger partial charge in [0, 0.05) is 5.92 Å². The summed E-state index contributed by atoms with van der Waals surface area (Å²) >= 11 is 0. The third-order valence-electron chi connectivity index (χ3n) is 5.36. The van der Waals surface area contributed by atoms with Gasteiger partial charge in [-0.15, -0.1) is 0 Å². The summed E-state index contributed by atoms with van der Waals surface area (Å²) in [5, 5.41) is 15.6. The molecule has 122 valence electrons. The minimum absolute atomic E-state index is 0.0876. The van der Waals surface area contributed by atoms with Crippen LogP contribution in [0.1, 0.15) is 65.3 Å². The molecule has 1 aromatic carbocycles. The van der Waals surface area contributed by atoms with E-state index in [-0.39, 0.29) is 5.92 Å². The number of benzene rings is 1. The number of aryl methyl sites for hydroxylation is 2. The highest BCUT2D eigenvalue weighted by molar-refractivity contribution is 5.31. The number of aromatic nitrogens is 5. The Balaban J connectivity index is 1.41. The van der Waals surface area contributed by atoms with Gasteiger partial charge in [-0.05, 0) is 49.7 Å². The van der Waals surface area contributed by atoms with E-state index in [4.69, 9.17) is 9.51 Å². The van der Waals surface area contributed by atoms with Crippen molar-refractivity contribution in [3.63, 3.8) is 0 Å². The molecular weight excluding hydrogens is 302 g/mol. The molecule has 0 amide bonds. The highest BCUT2D eigenvalue weighted by Gasteiger charge is 2.31. The largest absolute Gasteiger partial charge is 0.339 e. The van der Waals surface area contributed by atoms with Crippen LogP contribution < -0.4 is 0 Å². The van der Waals surface area contributed by atoms with Crippen LogP contribution in [0.25, 0.3) is 0 Å². The third-order valence-corrected chi connectivity index (χ3v) is 5.36. The van der Waals surface area contributed by atoms with Crippen molar-refractivity contribution in [3.8, 4) is 0 Å². The standard InChI is InChI=1S/C18H19N5O/c1-2-5-12-10-13(9-8-11(12)4-1)17-19-18(24-22-17)14-6-3-7-15-16(14)21-23-20-15/h1-2,4-5,13-14H,3,6-10H2,(H,20,21,23). The van der Waals surface area contributed by atoms with Crippen molar-refractivity contribution >= 4 is 0 Å². The maximum absolute atomic E-state index is 5.63. The molecule has 0 fully saturated rings. The molecule has 0 saturated heterocycles. The Morgan fingerprint density at radius 3 is 2.92 bits per heavy atom. The van der Waals surface area contributed by atoms with E-state index in [1.54, 1.807) is 0 Å². The van der Waals surface area contributed by atoms with Crippen molar-refractivity contribution in [2.45, 2.75) is 50.4 Å². The molecule has 5 rings (SSSR count). The van der Waals surface area contributed by atoms with Gasteiger partial charge in [0.2, 0.25) is 5.89 Å². The van der Waals surface area contributed by atoms with Crippen molar-refractivity contribution in [2.75, 3.05) is 0 Å². The second-order valence-electron chi connectivity index (χ2n) is 6.80. The fraction of sp³-hybridized carbons (Fsp3) is 0.444. The van der Waals surface area contributed by atoms with E-state index in [1.807, 2.05) is 0 Å². The van der Waals surface area contributed by atoms with Crippen LogP contribution in [0.5, 0.6) is 0 Å². The average molecular weight is 321 g/mol. The van der Waals surface area contributed by atoms with Gasteiger partial charge in [-0.1, -0.05) is 29.4 Å². The Morgan fingerprint density at radius 1 is 1.04 bits per heavy atom. The van der Waals surface area contributed by atoms with Crippen LogP contribution in [0.15, 0.2) is 28.8 Å². The van der Waals surface area contributed by atoms with E-state index in [1.165, 1.54) is 11.1 Å². The SMILES string of the molecule is c1ccc2c(c1)CCC(c1noc(C3CCCc4n[nH]nc43)n1)C2. The van der Waals surface area contributed by atoms with E-state index in [0.29, 0.717) is 11.8 Å². The summed E-state index contributed by atoms with van der Waals surface area (Å²) < 4.78 is 5.63. The number of aromatic amines is 1. The van der Waals surface area contributed by atoms with Gasteiger partial charge in [0.25, 0.3) is 0 Å². The number of H-pyrrole nitrogens is 1. The molecule has 2 unspecified atom stereocenters.